The van der Waals surface area contributed by atoms with Gasteiger partial charge >= 0.3 is 0 Å². The lowest BCUT2D eigenvalue weighted by Gasteiger charge is -2.11. The molecule has 0 saturated carbocycles. The quantitative estimate of drug-likeness (QED) is 0.154. The Kier molecular flexibility index (Phi) is 10.9. The Hall–Kier alpha value is -2.77. The molecule has 0 aliphatic heterocycles. The van der Waals surface area contributed by atoms with Crippen molar-refractivity contribution < 1.29 is 9.47 Å². The van der Waals surface area contributed by atoms with Gasteiger partial charge in [0.05, 0.1) is 13.2 Å². The maximum absolute atomic E-state index is 5.77. The average Bonchev–Trinajstić information content (AvgIpc) is 3.59. The minimum Gasteiger partial charge on any atom is -0.494 e. The normalized spacial score (nSPS) is 13.7. The molecule has 6 heteroatoms. The van der Waals surface area contributed by atoms with Gasteiger partial charge in [-0.3, -0.25) is 0 Å². The number of allylic oxidation sites excluding steroid dienone is 4. The fraction of sp³-hybridized carbons (Fsp3) is 0.333. The van der Waals surface area contributed by atoms with E-state index in [1.807, 2.05) is 23.5 Å². The minimum absolute atomic E-state index is 0.641. The lowest BCUT2D eigenvalue weighted by Crippen LogP contribution is -2.05. The van der Waals surface area contributed by atoms with Gasteiger partial charge in [0.25, 0.3) is 0 Å². The molecule has 0 bridgehead atoms. The number of aryl methyl sites for hydroxylation is 1. The van der Waals surface area contributed by atoms with E-state index in [4.69, 9.17) is 20.9 Å². The van der Waals surface area contributed by atoms with Crippen molar-refractivity contribution in [2.24, 2.45) is 11.5 Å². The van der Waals surface area contributed by atoms with E-state index >= 15 is 0 Å². The summed E-state index contributed by atoms with van der Waals surface area (Å²) >= 11 is 3.61. The first kappa shape index (κ1) is 29.2. The van der Waals surface area contributed by atoms with E-state index < -0.39 is 0 Å². The fourth-order valence-corrected chi connectivity index (χ4v) is 6.49. The Labute approximate surface area is 241 Å². The van der Waals surface area contributed by atoms with E-state index in [2.05, 4.69) is 68.3 Å². The molecule has 0 radical (unpaired) electrons. The van der Waals surface area contributed by atoms with Crippen LogP contribution in [0.15, 0.2) is 78.4 Å². The van der Waals surface area contributed by atoms with Crippen molar-refractivity contribution in [3.8, 4) is 21.9 Å². The summed E-state index contributed by atoms with van der Waals surface area (Å²) in [7, 11) is 0. The molecule has 0 saturated heterocycles. The largest absolute Gasteiger partial charge is 0.494 e. The zero-order valence-electron chi connectivity index (χ0n) is 23.1. The highest BCUT2D eigenvalue weighted by atomic mass is 32.2. The lowest BCUT2D eigenvalue weighted by molar-refractivity contribution is 0.313. The number of hydrogen-bond donors (Lipinski definition) is 2. The van der Waals surface area contributed by atoms with Crippen molar-refractivity contribution in [1.82, 2.24) is 0 Å². The van der Waals surface area contributed by atoms with Crippen molar-refractivity contribution in [2.75, 3.05) is 32.6 Å². The van der Waals surface area contributed by atoms with Crippen LogP contribution in [0.1, 0.15) is 48.1 Å². The number of thiophene rings is 1. The molecule has 39 heavy (non-hydrogen) atoms. The number of ether oxygens (including phenoxy) is 2. The summed E-state index contributed by atoms with van der Waals surface area (Å²) in [4.78, 5) is 3.85. The van der Waals surface area contributed by atoms with Crippen LogP contribution in [0.3, 0.4) is 0 Å². The maximum Gasteiger partial charge on any atom is 0.119 e. The van der Waals surface area contributed by atoms with Crippen LogP contribution < -0.4 is 20.9 Å². The van der Waals surface area contributed by atoms with Crippen LogP contribution in [0.2, 0.25) is 0 Å². The van der Waals surface area contributed by atoms with Gasteiger partial charge < -0.3 is 20.9 Å². The molecule has 4 rings (SSSR count). The summed E-state index contributed by atoms with van der Waals surface area (Å²) in [5, 5.41) is 0. The molecule has 3 aromatic rings. The van der Waals surface area contributed by atoms with Crippen LogP contribution in [0.5, 0.6) is 11.5 Å². The molecule has 4 N–H and O–H groups in total. The highest BCUT2D eigenvalue weighted by Crippen LogP contribution is 2.44. The molecule has 1 heterocycles. The van der Waals surface area contributed by atoms with Crippen molar-refractivity contribution in [3.05, 3.63) is 94.4 Å². The van der Waals surface area contributed by atoms with E-state index in [1.165, 1.54) is 48.9 Å². The number of rotatable bonds is 14. The maximum atomic E-state index is 5.77. The second kappa shape index (κ2) is 14.6. The molecule has 0 fully saturated rings. The molecule has 0 amide bonds. The smallest absolute Gasteiger partial charge is 0.119 e. The molecule has 0 unspecified atom stereocenters. The Bertz CT molecular complexity index is 1300. The average molecular weight is 561 g/mol. The second-order valence-electron chi connectivity index (χ2n) is 9.66. The predicted octanol–water partition coefficient (Wildman–Crippen LogP) is 8.08. The number of thioether (sulfide) groups is 1. The fourth-order valence-electron chi connectivity index (χ4n) is 4.80. The van der Waals surface area contributed by atoms with Crippen LogP contribution in [0.25, 0.3) is 20.9 Å². The first-order valence-corrected chi connectivity index (χ1v) is 15.7. The minimum atomic E-state index is 0.641. The number of hydrogen-bond acceptors (Lipinski definition) is 6. The van der Waals surface area contributed by atoms with Gasteiger partial charge in [-0.05, 0) is 140 Å². The molecule has 1 aliphatic carbocycles. The number of nitrogens with two attached hydrogens (primary N) is 2. The third-order valence-corrected chi connectivity index (χ3v) is 8.78. The Balaban J connectivity index is 1.52. The van der Waals surface area contributed by atoms with Gasteiger partial charge in [0, 0.05) is 14.7 Å². The highest BCUT2D eigenvalue weighted by Gasteiger charge is 2.21. The van der Waals surface area contributed by atoms with Crippen molar-refractivity contribution >= 4 is 33.6 Å². The topological polar surface area (TPSA) is 70.5 Å². The first-order chi connectivity index (χ1) is 19.0. The molecule has 1 aromatic heterocycles. The summed E-state index contributed by atoms with van der Waals surface area (Å²) in [5.41, 5.74) is 18.9. The van der Waals surface area contributed by atoms with E-state index in [0.717, 1.165) is 42.8 Å². The van der Waals surface area contributed by atoms with Gasteiger partial charge in [-0.15, -0.1) is 23.1 Å². The second-order valence-corrected chi connectivity index (χ2v) is 11.8. The lowest BCUT2D eigenvalue weighted by atomic mass is 9.97. The van der Waals surface area contributed by atoms with E-state index in [-0.39, 0.29) is 0 Å². The molecular formula is C33H40N2O2S2. The van der Waals surface area contributed by atoms with Crippen molar-refractivity contribution in [3.63, 3.8) is 0 Å². The molecule has 0 atom stereocenters. The summed E-state index contributed by atoms with van der Waals surface area (Å²) < 4.78 is 11.5. The van der Waals surface area contributed by atoms with E-state index in [0.29, 0.717) is 26.3 Å². The van der Waals surface area contributed by atoms with Crippen LogP contribution in [0.4, 0.5) is 0 Å². The Morgan fingerprint density at radius 2 is 1.56 bits per heavy atom. The number of benzene rings is 2. The summed E-state index contributed by atoms with van der Waals surface area (Å²) in [6.07, 6.45) is 9.43. The van der Waals surface area contributed by atoms with Crippen LogP contribution in [0, 0.1) is 6.92 Å². The third kappa shape index (κ3) is 7.67. The van der Waals surface area contributed by atoms with Crippen LogP contribution in [-0.2, 0) is 0 Å². The SMILES string of the molecule is C=C(/C=C(\SC)c1ccc(OCCCN)cc1)C1=C(c2cc(-c3ccc(OCCCN)cc3)sc2C)CCC1. The zero-order valence-corrected chi connectivity index (χ0v) is 24.8. The monoisotopic (exact) mass is 560 g/mol. The van der Waals surface area contributed by atoms with Crippen LogP contribution >= 0.6 is 23.1 Å². The Morgan fingerprint density at radius 3 is 2.15 bits per heavy atom. The Morgan fingerprint density at radius 1 is 0.949 bits per heavy atom. The van der Waals surface area contributed by atoms with Gasteiger partial charge in [-0.25, -0.2) is 0 Å². The summed E-state index contributed by atoms with van der Waals surface area (Å²) in [6, 6.07) is 19.1. The first-order valence-electron chi connectivity index (χ1n) is 13.7. The third-order valence-electron chi connectivity index (χ3n) is 6.89. The van der Waals surface area contributed by atoms with Crippen molar-refractivity contribution in [2.45, 2.75) is 39.0 Å². The van der Waals surface area contributed by atoms with Gasteiger partial charge in [0.1, 0.15) is 11.5 Å². The van der Waals surface area contributed by atoms with Gasteiger partial charge in [-0.2, -0.15) is 0 Å². The molecule has 0 spiro atoms. The van der Waals surface area contributed by atoms with Gasteiger partial charge in [-0.1, -0.05) is 18.7 Å². The summed E-state index contributed by atoms with van der Waals surface area (Å²) in [5.74, 6) is 1.77. The standard InChI is InChI=1S/C33H40N2O2S2/c1-23(21-32(38-3)25-9-13-27(14-10-25)36-19-5-17-34)29-7-4-8-30(29)31-22-33(39-24(31)2)26-11-15-28(16-12-26)37-20-6-18-35/h9-16,21-22H,1,4-8,17-20,34-35H2,2-3H3/b32-21-. The van der Waals surface area contributed by atoms with Crippen molar-refractivity contribution in [1.29, 1.82) is 0 Å². The molecular weight excluding hydrogens is 521 g/mol. The molecule has 206 valence electrons. The summed E-state index contributed by atoms with van der Waals surface area (Å²) in [6.45, 7) is 9.35. The highest BCUT2D eigenvalue weighted by molar-refractivity contribution is 8.07. The molecule has 1 aliphatic rings. The molecule has 4 nitrogen and oxygen atoms in total. The van der Waals surface area contributed by atoms with E-state index in [1.54, 1.807) is 11.8 Å². The zero-order chi connectivity index (χ0) is 27.6. The van der Waals surface area contributed by atoms with Crippen LogP contribution in [-0.4, -0.2) is 32.6 Å². The van der Waals surface area contributed by atoms with E-state index in [9.17, 15) is 0 Å². The van der Waals surface area contributed by atoms with Gasteiger partial charge in [0.2, 0.25) is 0 Å². The predicted molar refractivity (Wildman–Crippen MR) is 171 cm³/mol. The van der Waals surface area contributed by atoms with Gasteiger partial charge in [0.15, 0.2) is 0 Å². The molecule has 2 aromatic carbocycles.